The van der Waals surface area contributed by atoms with Crippen LogP contribution in [0.3, 0.4) is 0 Å². The predicted octanol–water partition coefficient (Wildman–Crippen LogP) is 5.01. The second-order valence-corrected chi connectivity index (χ2v) is 18.4. The van der Waals surface area contributed by atoms with E-state index in [9.17, 15) is 26.8 Å². The summed E-state index contributed by atoms with van der Waals surface area (Å²) in [7, 11) is -5.35. The van der Waals surface area contributed by atoms with Gasteiger partial charge in [0, 0.05) is 37.3 Å². The third-order valence-corrected chi connectivity index (χ3v) is 11.9. The molecule has 0 bridgehead atoms. The molecule has 0 spiro atoms. The topological polar surface area (TPSA) is 108 Å². The summed E-state index contributed by atoms with van der Waals surface area (Å²) in [4.78, 5) is 29.3. The Hall–Kier alpha value is -3.19. The molecule has 0 saturated carbocycles. The first-order valence-electron chi connectivity index (χ1n) is 13.9. The summed E-state index contributed by atoms with van der Waals surface area (Å²) >= 11 is 0. The number of anilines is 4. The molecule has 41 heavy (non-hydrogen) atoms. The Morgan fingerprint density at radius 1 is 0.976 bits per heavy atom. The lowest BCUT2D eigenvalue weighted by atomic mass is 10.1. The van der Waals surface area contributed by atoms with Crippen LogP contribution in [0.15, 0.2) is 42.5 Å². The average Bonchev–Trinajstić information content (AvgIpc) is 2.88. The van der Waals surface area contributed by atoms with Crippen molar-refractivity contribution in [1.82, 2.24) is 0 Å². The second-order valence-electron chi connectivity index (χ2n) is 11.4. The standard InChI is InChI=1S/C28H38F2N4O5SSi/c1-4-39-26(35)20-40(37,38)32-22-8-9-24(25(19-22)34-14-16-41(2,3)17-15-34)27(36)31-21-6-5-7-23(18-21)33-12-10-28(29,30)11-13-33/h5-9,18-19,32H,4,10-17,20H2,1-3H3,(H,31,36)/q-1. The minimum Gasteiger partial charge on any atom is -0.465 e. The van der Waals surface area contributed by atoms with Crippen LogP contribution in [0.4, 0.5) is 31.5 Å². The maximum Gasteiger partial charge on any atom is 0.323 e. The van der Waals surface area contributed by atoms with Crippen LogP contribution < -0.4 is 19.8 Å². The first kappa shape index (κ1) is 30.8. The maximum absolute atomic E-state index is 13.6. The lowest BCUT2D eigenvalue weighted by molar-refractivity contribution is -0.139. The van der Waals surface area contributed by atoms with Crippen LogP contribution in [0.5, 0.6) is 0 Å². The number of rotatable bonds is 9. The first-order valence-corrected chi connectivity index (χ1v) is 18.9. The van der Waals surface area contributed by atoms with Gasteiger partial charge in [0.2, 0.25) is 10.0 Å². The van der Waals surface area contributed by atoms with Gasteiger partial charge in [-0.2, -0.15) is 13.1 Å². The van der Waals surface area contributed by atoms with Crippen LogP contribution >= 0.6 is 0 Å². The van der Waals surface area contributed by atoms with Crippen LogP contribution in [0, 0.1) is 0 Å². The van der Waals surface area contributed by atoms with Crippen LogP contribution in [0.25, 0.3) is 0 Å². The molecule has 2 N–H and O–H groups in total. The van der Waals surface area contributed by atoms with Gasteiger partial charge in [0.05, 0.1) is 23.5 Å². The summed E-state index contributed by atoms with van der Waals surface area (Å²) in [6.07, 6.45) is -0.420. The van der Waals surface area contributed by atoms with Gasteiger partial charge in [-0.1, -0.05) is 6.07 Å². The van der Waals surface area contributed by atoms with Gasteiger partial charge in [-0.25, -0.2) is 17.2 Å². The Kier molecular flexibility index (Phi) is 9.27. The molecule has 225 valence electrons. The molecule has 9 nitrogen and oxygen atoms in total. The molecule has 2 heterocycles. The van der Waals surface area contributed by atoms with Crippen molar-refractivity contribution in [2.75, 3.05) is 58.4 Å². The molecule has 2 fully saturated rings. The molecule has 0 radical (unpaired) electrons. The van der Waals surface area contributed by atoms with E-state index in [4.69, 9.17) is 4.74 Å². The van der Waals surface area contributed by atoms with Crippen molar-refractivity contribution in [3.8, 4) is 0 Å². The monoisotopic (exact) mass is 608 g/mol. The Balaban J connectivity index is 1.56. The van der Waals surface area contributed by atoms with Crippen molar-refractivity contribution in [3.05, 3.63) is 48.0 Å². The number of benzene rings is 2. The van der Waals surface area contributed by atoms with Gasteiger partial charge in [0.25, 0.3) is 11.8 Å². The van der Waals surface area contributed by atoms with Crippen molar-refractivity contribution in [1.29, 1.82) is 0 Å². The molecule has 13 heteroatoms. The van der Waals surface area contributed by atoms with E-state index in [1.54, 1.807) is 37.3 Å². The van der Waals surface area contributed by atoms with Crippen LogP contribution in [-0.2, 0) is 19.6 Å². The number of carbonyl (C=O) groups is 2. The summed E-state index contributed by atoms with van der Waals surface area (Å²) in [5, 5.41) is 2.93. The largest absolute Gasteiger partial charge is 0.465 e. The smallest absolute Gasteiger partial charge is 0.323 e. The molecule has 0 aromatic heterocycles. The molecule has 0 unspecified atom stereocenters. The third-order valence-electron chi connectivity index (χ3n) is 7.55. The van der Waals surface area contributed by atoms with Crippen LogP contribution in [0.2, 0.25) is 25.2 Å². The summed E-state index contributed by atoms with van der Waals surface area (Å²) in [5.41, 5.74) is 2.50. The Bertz CT molecular complexity index is 1370. The predicted molar refractivity (Wildman–Crippen MR) is 161 cm³/mol. The summed E-state index contributed by atoms with van der Waals surface area (Å²) < 4.78 is 59.6. The number of nitrogens with one attached hydrogen (secondary N) is 2. The van der Waals surface area contributed by atoms with Gasteiger partial charge in [-0.3, -0.25) is 14.3 Å². The normalized spacial score (nSPS) is 18.5. The number of ether oxygens (including phenoxy) is 1. The third kappa shape index (κ3) is 8.41. The molecule has 0 aliphatic carbocycles. The van der Waals surface area contributed by atoms with Crippen molar-refractivity contribution < 1.29 is 31.5 Å². The fraction of sp³-hybridized carbons (Fsp3) is 0.500. The number of sulfonamides is 1. The molecule has 2 aliphatic rings. The lowest BCUT2D eigenvalue weighted by Crippen LogP contribution is -2.43. The Morgan fingerprint density at radius 3 is 2.32 bits per heavy atom. The molecule has 2 aromatic carbocycles. The molecule has 2 aliphatic heterocycles. The van der Waals surface area contributed by atoms with E-state index >= 15 is 0 Å². The lowest BCUT2D eigenvalue weighted by Gasteiger charge is -2.45. The van der Waals surface area contributed by atoms with Gasteiger partial charge in [0.15, 0.2) is 5.75 Å². The molecule has 4 rings (SSSR count). The zero-order chi connectivity index (χ0) is 29.8. The van der Waals surface area contributed by atoms with E-state index in [0.717, 1.165) is 30.9 Å². The molecular formula is C28H38F2N4O5SSi-. The number of nitrogens with zero attached hydrogens (tertiary/aromatic N) is 2. The Morgan fingerprint density at radius 2 is 1.66 bits per heavy atom. The van der Waals surface area contributed by atoms with Crippen LogP contribution in [-0.4, -0.2) is 72.8 Å². The quantitative estimate of drug-likeness (QED) is 0.305. The van der Waals surface area contributed by atoms with Gasteiger partial charge in [0.1, 0.15) is 0 Å². The number of halogens is 2. The van der Waals surface area contributed by atoms with Crippen molar-refractivity contribution in [2.24, 2.45) is 0 Å². The van der Waals surface area contributed by atoms with E-state index in [1.807, 2.05) is 11.0 Å². The minimum atomic E-state index is -4.01. The Labute approximate surface area is 241 Å². The highest BCUT2D eigenvalue weighted by Crippen LogP contribution is 2.33. The van der Waals surface area contributed by atoms with Crippen molar-refractivity contribution in [3.63, 3.8) is 0 Å². The van der Waals surface area contributed by atoms with Gasteiger partial charge in [-0.05, 0) is 56.4 Å². The number of carbonyl (C=O) groups excluding carboxylic acids is 2. The number of alkyl halides is 2. The van der Waals surface area contributed by atoms with Crippen molar-refractivity contribution in [2.45, 2.75) is 50.9 Å². The van der Waals surface area contributed by atoms with E-state index in [-0.39, 0.29) is 44.1 Å². The van der Waals surface area contributed by atoms with E-state index in [2.05, 4.69) is 28.0 Å². The highest BCUT2D eigenvalue weighted by molar-refractivity contribution is 7.93. The van der Waals surface area contributed by atoms with Gasteiger partial charge in [-0.15, -0.1) is 20.2 Å². The second kappa shape index (κ2) is 12.4. The number of hydrogen-bond donors (Lipinski definition) is 2. The van der Waals surface area contributed by atoms with Crippen molar-refractivity contribution >= 4 is 52.7 Å². The number of esters is 1. The number of piperidine rings is 1. The summed E-state index contributed by atoms with van der Waals surface area (Å²) in [6.45, 7) is 8.28. The molecular weight excluding hydrogens is 570 g/mol. The highest BCUT2D eigenvalue weighted by atomic mass is 32.2. The SMILES string of the molecule is CCOC(=O)CS(=O)(=O)Nc1ccc(C(=O)Nc2cccc(N3CCC(F)(F)CC3)c2)c(N2CC[Si-](C)(C)CC2)c1. The zero-order valence-corrected chi connectivity index (χ0v) is 25.5. The van der Waals surface area contributed by atoms with Crippen LogP contribution in [0.1, 0.15) is 30.1 Å². The summed E-state index contributed by atoms with van der Waals surface area (Å²) in [5.74, 6) is -4.68. The molecule has 1 amide bonds. The fourth-order valence-corrected chi connectivity index (χ4v) is 8.00. The number of amides is 1. The molecule has 2 aromatic rings. The first-order chi connectivity index (χ1) is 19.3. The molecule has 2 saturated heterocycles. The minimum absolute atomic E-state index is 0.0772. The number of hydrogen-bond acceptors (Lipinski definition) is 7. The average molecular weight is 609 g/mol. The maximum atomic E-state index is 13.6. The van der Waals surface area contributed by atoms with Gasteiger partial charge < -0.3 is 19.9 Å². The zero-order valence-electron chi connectivity index (χ0n) is 23.7. The van der Waals surface area contributed by atoms with Gasteiger partial charge >= 0.3 is 5.97 Å². The molecule has 0 atom stereocenters. The van der Waals surface area contributed by atoms with E-state index < -0.39 is 35.7 Å². The highest BCUT2D eigenvalue weighted by Gasteiger charge is 2.34. The van der Waals surface area contributed by atoms with E-state index in [0.29, 0.717) is 16.9 Å². The summed E-state index contributed by atoms with van der Waals surface area (Å²) in [6, 6.07) is 13.9. The van der Waals surface area contributed by atoms with E-state index in [1.165, 1.54) is 6.07 Å². The fourth-order valence-electron chi connectivity index (χ4n) is 5.05.